The molecule has 2 atom stereocenters. The number of amides is 2. The molecule has 0 saturated carbocycles. The molecule has 3 rings (SSSR count). The number of allylic oxidation sites excluding steroid dienone is 1. The fraction of sp³-hybridized carbons (Fsp3) is 0.233. The van der Waals surface area contributed by atoms with E-state index < -0.39 is 12.2 Å². The highest BCUT2D eigenvalue weighted by Gasteiger charge is 2.24. The number of aliphatic hydroxyl groups excluding tert-OH is 1. The zero-order chi connectivity index (χ0) is 28.0. The summed E-state index contributed by atoms with van der Waals surface area (Å²) in [7, 11) is 0. The Balaban J connectivity index is 1.64. The first kappa shape index (κ1) is 28.8. The monoisotopic (exact) mass is 528 g/mol. The highest BCUT2D eigenvalue weighted by Crippen LogP contribution is 2.31. The van der Waals surface area contributed by atoms with Crippen LogP contribution in [0.3, 0.4) is 0 Å². The topological polar surface area (TPSA) is 147 Å². The van der Waals surface area contributed by atoms with Crippen LogP contribution in [0.25, 0.3) is 0 Å². The highest BCUT2D eigenvalue weighted by molar-refractivity contribution is 6.01. The van der Waals surface area contributed by atoms with Gasteiger partial charge in [-0.25, -0.2) is 4.79 Å². The number of benzene rings is 3. The fourth-order valence-electron chi connectivity index (χ4n) is 3.81. The molecule has 0 aliphatic rings. The third-order valence-corrected chi connectivity index (χ3v) is 5.86. The van der Waals surface area contributed by atoms with Crippen LogP contribution in [0.1, 0.15) is 37.0 Å². The van der Waals surface area contributed by atoms with Crippen molar-refractivity contribution < 1.29 is 24.2 Å². The zero-order valence-electron chi connectivity index (χ0n) is 21.7. The smallest absolute Gasteiger partial charge is 0.412 e. The summed E-state index contributed by atoms with van der Waals surface area (Å²) in [5.41, 5.74) is 8.67. The number of aliphatic hydroxyl groups is 1. The normalized spacial score (nSPS) is 12.2. The summed E-state index contributed by atoms with van der Waals surface area (Å²) in [5.74, 6) is 0.209. The number of carbonyl (C=O) groups is 2. The minimum atomic E-state index is -0.632. The number of nitriles is 1. The van der Waals surface area contributed by atoms with E-state index in [1.165, 1.54) is 6.08 Å². The predicted octanol–water partition coefficient (Wildman–Crippen LogP) is 5.41. The Bertz CT molecular complexity index is 1300. The van der Waals surface area contributed by atoms with Crippen molar-refractivity contribution in [1.29, 1.82) is 5.26 Å². The molecule has 0 radical (unpaired) electrons. The van der Waals surface area contributed by atoms with Crippen LogP contribution >= 0.6 is 0 Å². The Kier molecular flexibility index (Phi) is 10.9. The van der Waals surface area contributed by atoms with E-state index >= 15 is 0 Å². The average Bonchev–Trinajstić information content (AvgIpc) is 2.95. The van der Waals surface area contributed by atoms with Gasteiger partial charge in [0.1, 0.15) is 18.5 Å². The van der Waals surface area contributed by atoms with Crippen molar-refractivity contribution in [2.75, 3.05) is 29.6 Å². The number of carbonyl (C=O) groups excluding carboxylic acids is 2. The van der Waals surface area contributed by atoms with Gasteiger partial charge in [0, 0.05) is 5.69 Å². The van der Waals surface area contributed by atoms with E-state index in [0.29, 0.717) is 41.2 Å². The number of hydrogen-bond donors (Lipinski definition) is 4. The second-order valence-electron chi connectivity index (χ2n) is 8.81. The number of nitrogens with two attached hydrogens (primary N) is 1. The third kappa shape index (κ3) is 9.22. The first-order chi connectivity index (χ1) is 18.9. The van der Waals surface area contributed by atoms with E-state index in [9.17, 15) is 9.59 Å². The summed E-state index contributed by atoms with van der Waals surface area (Å²) in [6.45, 7) is 2.05. The molecule has 9 nitrogen and oxygen atoms in total. The van der Waals surface area contributed by atoms with Gasteiger partial charge < -0.3 is 25.6 Å². The lowest BCUT2D eigenvalue weighted by Gasteiger charge is -2.25. The van der Waals surface area contributed by atoms with Crippen LogP contribution in [0, 0.1) is 17.2 Å². The van der Waals surface area contributed by atoms with E-state index in [1.54, 1.807) is 66.7 Å². The summed E-state index contributed by atoms with van der Waals surface area (Å²) in [4.78, 5) is 25.0. The maximum absolute atomic E-state index is 12.8. The number of nitrogen functional groups attached to an aromatic ring is 1. The van der Waals surface area contributed by atoms with Crippen LogP contribution in [0.5, 0.6) is 5.75 Å². The molecule has 0 aliphatic heterocycles. The maximum atomic E-state index is 12.8. The summed E-state index contributed by atoms with van der Waals surface area (Å²) < 4.78 is 11.3. The van der Waals surface area contributed by atoms with Crippen molar-refractivity contribution in [2.24, 2.45) is 5.92 Å². The maximum Gasteiger partial charge on any atom is 0.412 e. The number of hydrogen-bond acceptors (Lipinski definition) is 7. The fourth-order valence-corrected chi connectivity index (χ4v) is 3.81. The van der Waals surface area contributed by atoms with E-state index in [2.05, 4.69) is 10.6 Å². The Morgan fingerprint density at radius 1 is 1.05 bits per heavy atom. The Morgan fingerprint density at radius 2 is 1.77 bits per heavy atom. The quantitative estimate of drug-likeness (QED) is 0.181. The molecule has 0 unspecified atom stereocenters. The molecule has 3 aromatic rings. The van der Waals surface area contributed by atoms with Crippen molar-refractivity contribution in [3.63, 3.8) is 0 Å². The molecule has 0 fully saturated rings. The first-order valence-electron chi connectivity index (χ1n) is 12.5. The number of rotatable bonds is 12. The van der Waals surface area contributed by atoms with Crippen LogP contribution < -0.4 is 21.1 Å². The third-order valence-electron chi connectivity index (χ3n) is 5.86. The van der Waals surface area contributed by atoms with Crippen molar-refractivity contribution in [3.8, 4) is 11.8 Å². The highest BCUT2D eigenvalue weighted by atomic mass is 16.6. The molecular formula is C30H32N4O5. The van der Waals surface area contributed by atoms with Gasteiger partial charge in [0.15, 0.2) is 0 Å². The van der Waals surface area contributed by atoms with E-state index in [0.717, 1.165) is 5.56 Å². The van der Waals surface area contributed by atoms with Gasteiger partial charge >= 0.3 is 6.09 Å². The minimum absolute atomic E-state index is 0.0929. The molecule has 0 aromatic heterocycles. The van der Waals surface area contributed by atoms with Crippen molar-refractivity contribution >= 4 is 29.1 Å². The van der Waals surface area contributed by atoms with E-state index in [1.807, 2.05) is 25.1 Å². The van der Waals surface area contributed by atoms with Gasteiger partial charge in [-0.05, 0) is 78.9 Å². The number of nitrogens with zero attached hydrogens (tertiary/aromatic N) is 1. The SMILES string of the molecule is C[C@@H](CC/C=C/C(=O)Nc1ccccc1N)[C@H](OC(=O)Nc1ccc(C#N)cc1)c1ccc(OCCO)cc1. The summed E-state index contributed by atoms with van der Waals surface area (Å²) >= 11 is 0. The van der Waals surface area contributed by atoms with Crippen LogP contribution in [-0.4, -0.2) is 30.3 Å². The lowest BCUT2D eigenvalue weighted by molar-refractivity contribution is -0.111. The Morgan fingerprint density at radius 3 is 2.44 bits per heavy atom. The number of nitrogens with one attached hydrogen (secondary N) is 2. The minimum Gasteiger partial charge on any atom is -0.491 e. The standard InChI is InChI=1S/C30H32N4O5/c1-21(6-2-5-9-28(36)34-27-8-4-3-7-26(27)32)29(23-12-16-25(17-13-23)38-19-18-35)39-30(37)33-24-14-10-22(20-31)11-15-24/h3-5,7-17,21,29,35H,2,6,18-19,32H2,1H3,(H,33,37)(H,34,36)/b9-5+/t21-,29-/m0/s1. The van der Waals surface area contributed by atoms with Gasteiger partial charge in [0.2, 0.25) is 5.91 Å². The molecule has 0 bridgehead atoms. The van der Waals surface area contributed by atoms with Gasteiger partial charge in [0.05, 0.1) is 29.6 Å². The van der Waals surface area contributed by atoms with Crippen LogP contribution in [0.4, 0.5) is 21.9 Å². The van der Waals surface area contributed by atoms with Gasteiger partial charge in [0.25, 0.3) is 0 Å². The lowest BCUT2D eigenvalue weighted by Crippen LogP contribution is -2.22. The molecule has 3 aromatic carbocycles. The summed E-state index contributed by atoms with van der Waals surface area (Å²) in [6, 6.07) is 22.7. The van der Waals surface area contributed by atoms with Gasteiger partial charge in [-0.3, -0.25) is 10.1 Å². The molecule has 5 N–H and O–H groups in total. The van der Waals surface area contributed by atoms with Crippen molar-refractivity contribution in [3.05, 3.63) is 96.1 Å². The van der Waals surface area contributed by atoms with Crippen LogP contribution in [0.15, 0.2) is 84.9 Å². The largest absolute Gasteiger partial charge is 0.491 e. The van der Waals surface area contributed by atoms with Gasteiger partial charge in [-0.2, -0.15) is 5.26 Å². The second-order valence-corrected chi connectivity index (χ2v) is 8.81. The van der Waals surface area contributed by atoms with Crippen molar-refractivity contribution in [2.45, 2.75) is 25.9 Å². The molecule has 9 heteroatoms. The van der Waals surface area contributed by atoms with Crippen LogP contribution in [0.2, 0.25) is 0 Å². The Labute approximate surface area is 227 Å². The number of para-hydroxylation sites is 2. The average molecular weight is 529 g/mol. The van der Waals surface area contributed by atoms with Gasteiger partial charge in [-0.1, -0.05) is 37.3 Å². The molecule has 0 heterocycles. The predicted molar refractivity (Wildman–Crippen MR) is 150 cm³/mol. The summed E-state index contributed by atoms with van der Waals surface area (Å²) in [5, 5.41) is 23.4. The van der Waals surface area contributed by atoms with E-state index in [4.69, 9.17) is 25.6 Å². The van der Waals surface area contributed by atoms with Crippen LogP contribution in [-0.2, 0) is 9.53 Å². The van der Waals surface area contributed by atoms with E-state index in [-0.39, 0.29) is 25.0 Å². The lowest BCUT2D eigenvalue weighted by atomic mass is 9.93. The zero-order valence-corrected chi connectivity index (χ0v) is 21.7. The summed E-state index contributed by atoms with van der Waals surface area (Å²) in [6.07, 6.45) is 3.22. The van der Waals surface area contributed by atoms with Crippen molar-refractivity contribution in [1.82, 2.24) is 0 Å². The first-order valence-corrected chi connectivity index (χ1v) is 12.5. The number of anilines is 3. The molecule has 2 amide bonds. The number of ether oxygens (including phenoxy) is 2. The molecule has 0 spiro atoms. The molecular weight excluding hydrogens is 496 g/mol. The molecule has 0 aliphatic carbocycles. The molecule has 0 saturated heterocycles. The molecule has 202 valence electrons. The second kappa shape index (κ2) is 14.8. The Hall–Kier alpha value is -4.81. The van der Waals surface area contributed by atoms with Gasteiger partial charge in [-0.15, -0.1) is 0 Å². The molecule has 39 heavy (non-hydrogen) atoms.